The Morgan fingerprint density at radius 1 is 0.875 bits per heavy atom. The molecule has 0 aromatic heterocycles. The van der Waals surface area contributed by atoms with E-state index in [1.165, 1.54) is 11.1 Å². The summed E-state index contributed by atoms with van der Waals surface area (Å²) in [6.45, 7) is 3.97. The molecule has 1 heteroatoms. The molecule has 0 radical (unpaired) electrons. The van der Waals surface area contributed by atoms with Gasteiger partial charge in [0.1, 0.15) is 0 Å². The van der Waals surface area contributed by atoms with Crippen molar-refractivity contribution in [3.05, 3.63) is 59.2 Å². The van der Waals surface area contributed by atoms with Gasteiger partial charge in [0, 0.05) is 0 Å². The highest BCUT2D eigenvalue weighted by Crippen LogP contribution is 2.24. The van der Waals surface area contributed by atoms with Crippen molar-refractivity contribution in [1.29, 1.82) is 5.26 Å². The van der Waals surface area contributed by atoms with Crippen molar-refractivity contribution >= 4 is 0 Å². The van der Waals surface area contributed by atoms with Crippen molar-refractivity contribution in [2.75, 3.05) is 0 Å². The molecule has 2 aromatic rings. The Balaban J connectivity index is 2.58. The Labute approximate surface area is 96.0 Å². The van der Waals surface area contributed by atoms with Gasteiger partial charge in [0.05, 0.1) is 11.6 Å². The quantitative estimate of drug-likeness (QED) is 0.697. The van der Waals surface area contributed by atoms with E-state index in [1.807, 2.05) is 32.0 Å². The van der Waals surface area contributed by atoms with E-state index in [-0.39, 0.29) is 0 Å². The molecule has 0 fully saturated rings. The largest absolute Gasteiger partial charge is 0.192 e. The van der Waals surface area contributed by atoms with Crippen LogP contribution in [0.4, 0.5) is 0 Å². The van der Waals surface area contributed by atoms with Crippen LogP contribution < -0.4 is 0 Å². The van der Waals surface area contributed by atoms with Crippen molar-refractivity contribution in [3.8, 4) is 17.2 Å². The van der Waals surface area contributed by atoms with Crippen LogP contribution in [0.5, 0.6) is 0 Å². The molecule has 2 rings (SSSR count). The third-order valence-electron chi connectivity index (χ3n) is 2.75. The van der Waals surface area contributed by atoms with E-state index in [0.717, 1.165) is 16.7 Å². The molecular weight excluding hydrogens is 194 g/mol. The summed E-state index contributed by atoms with van der Waals surface area (Å²) < 4.78 is 0. The van der Waals surface area contributed by atoms with Crippen molar-refractivity contribution < 1.29 is 0 Å². The summed E-state index contributed by atoms with van der Waals surface area (Å²) >= 11 is 0. The molecule has 0 aliphatic heterocycles. The van der Waals surface area contributed by atoms with Gasteiger partial charge < -0.3 is 0 Å². The van der Waals surface area contributed by atoms with E-state index in [0.29, 0.717) is 0 Å². The summed E-state index contributed by atoms with van der Waals surface area (Å²) in [6.07, 6.45) is 0. The van der Waals surface area contributed by atoms with Crippen LogP contribution in [0.1, 0.15) is 16.7 Å². The van der Waals surface area contributed by atoms with Gasteiger partial charge in [-0.3, -0.25) is 0 Å². The lowest BCUT2D eigenvalue weighted by molar-refractivity contribution is 1.32. The molecule has 0 N–H and O–H groups in total. The first-order valence-electron chi connectivity index (χ1n) is 5.29. The van der Waals surface area contributed by atoms with E-state index < -0.39 is 0 Å². The van der Waals surface area contributed by atoms with Gasteiger partial charge in [-0.2, -0.15) is 5.26 Å². The average Bonchev–Trinajstić information content (AvgIpc) is 2.30. The molecule has 0 amide bonds. The Hall–Kier alpha value is -2.07. The Kier molecular flexibility index (Phi) is 2.74. The highest BCUT2D eigenvalue weighted by atomic mass is 14.2. The first-order chi connectivity index (χ1) is 7.72. The fourth-order valence-corrected chi connectivity index (χ4v) is 1.94. The molecule has 0 aliphatic rings. The number of benzene rings is 2. The van der Waals surface area contributed by atoms with Crippen LogP contribution in [0.15, 0.2) is 42.5 Å². The molecule has 16 heavy (non-hydrogen) atoms. The molecule has 1 nitrogen and oxygen atoms in total. The molecule has 2 aromatic carbocycles. The molecule has 0 saturated heterocycles. The second kappa shape index (κ2) is 4.20. The van der Waals surface area contributed by atoms with E-state index in [1.54, 1.807) is 0 Å². The van der Waals surface area contributed by atoms with Crippen molar-refractivity contribution in [3.63, 3.8) is 0 Å². The van der Waals surface area contributed by atoms with Crippen LogP contribution in [0, 0.1) is 25.2 Å². The number of hydrogen-bond donors (Lipinski definition) is 0. The van der Waals surface area contributed by atoms with Crippen molar-refractivity contribution in [2.45, 2.75) is 13.8 Å². The zero-order chi connectivity index (χ0) is 11.5. The second-order valence-corrected chi connectivity index (χ2v) is 3.96. The number of nitriles is 1. The molecular formula is C15H13N. The predicted octanol–water partition coefficient (Wildman–Crippen LogP) is 3.84. The van der Waals surface area contributed by atoms with Crippen LogP contribution in [0.25, 0.3) is 11.1 Å². The molecule has 0 spiro atoms. The summed E-state index contributed by atoms with van der Waals surface area (Å²) in [4.78, 5) is 0. The Bertz CT molecular complexity index is 524. The van der Waals surface area contributed by atoms with Crippen LogP contribution in [0.2, 0.25) is 0 Å². The maximum absolute atomic E-state index is 9.01. The zero-order valence-electron chi connectivity index (χ0n) is 9.49. The fourth-order valence-electron chi connectivity index (χ4n) is 1.94. The van der Waals surface area contributed by atoms with Crippen LogP contribution in [-0.4, -0.2) is 0 Å². The highest BCUT2D eigenvalue weighted by Gasteiger charge is 2.05. The van der Waals surface area contributed by atoms with E-state index in [2.05, 4.69) is 30.3 Å². The van der Waals surface area contributed by atoms with Crippen LogP contribution in [0.3, 0.4) is 0 Å². The van der Waals surface area contributed by atoms with Crippen molar-refractivity contribution in [2.24, 2.45) is 0 Å². The van der Waals surface area contributed by atoms with Gasteiger partial charge in [0.25, 0.3) is 0 Å². The molecule has 0 aliphatic carbocycles. The van der Waals surface area contributed by atoms with Crippen LogP contribution >= 0.6 is 0 Å². The minimum atomic E-state index is 0.791. The lowest BCUT2D eigenvalue weighted by Gasteiger charge is -2.07. The lowest BCUT2D eigenvalue weighted by Crippen LogP contribution is -1.89. The number of hydrogen-bond acceptors (Lipinski definition) is 1. The van der Waals surface area contributed by atoms with Gasteiger partial charge in [-0.25, -0.2) is 0 Å². The van der Waals surface area contributed by atoms with E-state index in [4.69, 9.17) is 5.26 Å². The van der Waals surface area contributed by atoms with Crippen molar-refractivity contribution in [1.82, 2.24) is 0 Å². The summed E-state index contributed by atoms with van der Waals surface area (Å²) in [5, 5.41) is 9.01. The van der Waals surface area contributed by atoms with Gasteiger partial charge in [0.2, 0.25) is 0 Å². The topological polar surface area (TPSA) is 23.8 Å². The highest BCUT2D eigenvalue weighted by molar-refractivity contribution is 5.67. The fraction of sp³-hybridized carbons (Fsp3) is 0.133. The molecule has 0 atom stereocenters. The summed E-state index contributed by atoms with van der Waals surface area (Å²) in [7, 11) is 0. The minimum absolute atomic E-state index is 0.791. The molecule has 0 unspecified atom stereocenters. The minimum Gasteiger partial charge on any atom is -0.192 e. The lowest BCUT2D eigenvalue weighted by atomic mass is 9.96. The molecule has 0 saturated carbocycles. The number of aryl methyl sites for hydroxylation is 2. The van der Waals surface area contributed by atoms with E-state index >= 15 is 0 Å². The maximum Gasteiger partial charge on any atom is 0.0997 e. The first-order valence-corrected chi connectivity index (χ1v) is 5.29. The number of nitrogens with zero attached hydrogens (tertiary/aromatic N) is 1. The Morgan fingerprint density at radius 2 is 1.44 bits per heavy atom. The van der Waals surface area contributed by atoms with Gasteiger partial charge in [-0.15, -0.1) is 0 Å². The summed E-state index contributed by atoms with van der Waals surface area (Å²) in [5.74, 6) is 0. The molecule has 78 valence electrons. The average molecular weight is 207 g/mol. The predicted molar refractivity (Wildman–Crippen MR) is 66.1 cm³/mol. The third kappa shape index (κ3) is 1.83. The maximum atomic E-state index is 9.01. The van der Waals surface area contributed by atoms with E-state index in [9.17, 15) is 0 Å². The summed E-state index contributed by atoms with van der Waals surface area (Å²) in [6, 6.07) is 16.6. The zero-order valence-corrected chi connectivity index (χ0v) is 9.49. The number of rotatable bonds is 1. The van der Waals surface area contributed by atoms with Crippen LogP contribution in [-0.2, 0) is 0 Å². The summed E-state index contributed by atoms with van der Waals surface area (Å²) in [5.41, 5.74) is 5.25. The standard InChI is InChI=1S/C15H13N/c1-11-8-14(9-12(2)15(11)10-16)13-6-4-3-5-7-13/h3-9H,1-2H3. The molecule has 0 heterocycles. The van der Waals surface area contributed by atoms with Gasteiger partial charge in [-0.05, 0) is 36.1 Å². The smallest absolute Gasteiger partial charge is 0.0997 e. The molecule has 0 bridgehead atoms. The Morgan fingerprint density at radius 3 is 1.94 bits per heavy atom. The first kappa shape index (κ1) is 10.4. The third-order valence-corrected chi connectivity index (χ3v) is 2.75. The second-order valence-electron chi connectivity index (χ2n) is 3.96. The normalized spacial score (nSPS) is 9.81. The SMILES string of the molecule is Cc1cc(-c2ccccc2)cc(C)c1C#N. The van der Waals surface area contributed by atoms with Gasteiger partial charge in [-0.1, -0.05) is 42.5 Å². The van der Waals surface area contributed by atoms with Gasteiger partial charge in [0.15, 0.2) is 0 Å². The monoisotopic (exact) mass is 207 g/mol. The van der Waals surface area contributed by atoms with Gasteiger partial charge >= 0.3 is 0 Å².